The molecule has 0 bridgehead atoms. The lowest BCUT2D eigenvalue weighted by Crippen LogP contribution is -2.35. The van der Waals surface area contributed by atoms with E-state index in [1.807, 2.05) is 31.2 Å². The monoisotopic (exact) mass is 446 g/mol. The Balaban J connectivity index is 1.64. The first-order valence-electron chi connectivity index (χ1n) is 10.6. The van der Waals surface area contributed by atoms with Gasteiger partial charge in [0.2, 0.25) is 10.0 Å². The number of aliphatic hydroxyl groups is 1. The summed E-state index contributed by atoms with van der Waals surface area (Å²) in [5.41, 5.74) is 2.40. The number of hydrogen-bond acceptors (Lipinski definition) is 5. The largest absolute Gasteiger partial charge is 0.394 e. The van der Waals surface area contributed by atoms with Crippen molar-refractivity contribution in [3.05, 3.63) is 65.2 Å². The topological polar surface area (TPSA) is 95.9 Å². The van der Waals surface area contributed by atoms with E-state index in [0.29, 0.717) is 18.7 Å². The average Bonchev–Trinajstić information content (AvgIpc) is 2.80. The summed E-state index contributed by atoms with van der Waals surface area (Å²) in [6, 6.07) is 13.8. The lowest BCUT2D eigenvalue weighted by Gasteiger charge is -2.25. The molecule has 31 heavy (non-hydrogen) atoms. The van der Waals surface area contributed by atoms with E-state index < -0.39 is 16.1 Å². The van der Waals surface area contributed by atoms with Crippen molar-refractivity contribution >= 4 is 15.9 Å². The molecule has 1 aliphatic heterocycles. The quantitative estimate of drug-likeness (QED) is 0.617. The van der Waals surface area contributed by atoms with Gasteiger partial charge in [-0.15, -0.1) is 0 Å². The molecule has 0 aromatic heterocycles. The Morgan fingerprint density at radius 2 is 1.71 bits per heavy atom. The molecule has 3 rings (SSSR count). The van der Waals surface area contributed by atoms with Crippen molar-refractivity contribution in [2.24, 2.45) is 0 Å². The van der Waals surface area contributed by atoms with Gasteiger partial charge in [0.1, 0.15) is 0 Å². The van der Waals surface area contributed by atoms with Gasteiger partial charge in [-0.2, -0.15) is 4.31 Å². The lowest BCUT2D eigenvalue weighted by molar-refractivity contribution is 0.0277. The first-order valence-corrected chi connectivity index (χ1v) is 12.0. The number of rotatable bonds is 9. The molecule has 2 N–H and O–H groups in total. The first-order chi connectivity index (χ1) is 14.9. The molecule has 168 valence electrons. The molecule has 2 aromatic rings. The Morgan fingerprint density at radius 3 is 2.32 bits per heavy atom. The van der Waals surface area contributed by atoms with Gasteiger partial charge in [0.15, 0.2) is 0 Å². The SMILES string of the molecule is Cc1ccc(C(CNC(=O)c2ccc(S(=O)(=O)N3CCCCC3)cc2)OCCO)cc1. The lowest BCUT2D eigenvalue weighted by atomic mass is 10.1. The molecule has 0 saturated carbocycles. The van der Waals surface area contributed by atoms with E-state index in [-0.39, 0.29) is 30.6 Å². The second kappa shape index (κ2) is 10.9. The van der Waals surface area contributed by atoms with Gasteiger partial charge in [0.05, 0.1) is 24.2 Å². The molecular formula is C23H30N2O5S. The van der Waals surface area contributed by atoms with Crippen LogP contribution in [0.25, 0.3) is 0 Å². The van der Waals surface area contributed by atoms with Crippen LogP contribution in [0, 0.1) is 6.92 Å². The standard InChI is InChI=1S/C23H30N2O5S/c1-18-5-7-19(8-6-18)22(30-16-15-26)17-24-23(27)20-9-11-21(12-10-20)31(28,29)25-13-3-2-4-14-25/h5-12,22,26H,2-4,13-17H2,1H3,(H,24,27). The fraction of sp³-hybridized carbons (Fsp3) is 0.435. The normalized spacial score (nSPS) is 16.1. The molecule has 8 heteroatoms. The van der Waals surface area contributed by atoms with Gasteiger partial charge in [-0.25, -0.2) is 8.42 Å². The second-order valence-electron chi connectivity index (χ2n) is 7.69. The van der Waals surface area contributed by atoms with Crippen LogP contribution in [0.3, 0.4) is 0 Å². The molecule has 0 radical (unpaired) electrons. The number of aryl methyl sites for hydroxylation is 1. The maximum absolute atomic E-state index is 12.8. The van der Waals surface area contributed by atoms with Crippen molar-refractivity contribution in [1.29, 1.82) is 0 Å². The van der Waals surface area contributed by atoms with Crippen LogP contribution in [0.15, 0.2) is 53.4 Å². The molecule has 7 nitrogen and oxygen atoms in total. The average molecular weight is 447 g/mol. The summed E-state index contributed by atoms with van der Waals surface area (Å²) in [7, 11) is -3.52. The third kappa shape index (κ3) is 6.13. The van der Waals surface area contributed by atoms with Crippen LogP contribution in [-0.2, 0) is 14.8 Å². The predicted octanol–water partition coefficient (Wildman–Crippen LogP) is 2.65. The third-order valence-corrected chi connectivity index (χ3v) is 7.29. The Morgan fingerprint density at radius 1 is 1.06 bits per heavy atom. The van der Waals surface area contributed by atoms with E-state index in [9.17, 15) is 13.2 Å². The molecule has 1 fully saturated rings. The van der Waals surface area contributed by atoms with Crippen LogP contribution < -0.4 is 5.32 Å². The molecule has 0 spiro atoms. The number of amides is 1. The summed E-state index contributed by atoms with van der Waals surface area (Å²) in [4.78, 5) is 12.8. The number of sulfonamides is 1. The summed E-state index contributed by atoms with van der Waals surface area (Å²) in [5, 5.41) is 11.9. The summed E-state index contributed by atoms with van der Waals surface area (Å²) in [6.45, 7) is 3.36. The number of nitrogens with one attached hydrogen (secondary N) is 1. The number of aliphatic hydroxyl groups excluding tert-OH is 1. The number of benzene rings is 2. The number of carbonyl (C=O) groups excluding carboxylic acids is 1. The van der Waals surface area contributed by atoms with Crippen LogP contribution in [0.5, 0.6) is 0 Å². The van der Waals surface area contributed by atoms with Crippen molar-refractivity contribution in [2.75, 3.05) is 32.8 Å². The minimum absolute atomic E-state index is 0.108. The van der Waals surface area contributed by atoms with E-state index in [0.717, 1.165) is 30.4 Å². The highest BCUT2D eigenvalue weighted by molar-refractivity contribution is 7.89. The molecule has 1 atom stereocenters. The van der Waals surface area contributed by atoms with Crippen LogP contribution in [0.4, 0.5) is 0 Å². The zero-order valence-corrected chi connectivity index (χ0v) is 18.6. The molecule has 1 unspecified atom stereocenters. The molecule has 1 amide bonds. The fourth-order valence-electron chi connectivity index (χ4n) is 3.57. The molecule has 0 aliphatic carbocycles. The Labute approximate surface area is 184 Å². The van der Waals surface area contributed by atoms with Crippen molar-refractivity contribution in [3.8, 4) is 0 Å². The molecule has 1 aliphatic rings. The van der Waals surface area contributed by atoms with Crippen LogP contribution in [-0.4, -0.2) is 56.6 Å². The van der Waals surface area contributed by atoms with E-state index in [4.69, 9.17) is 9.84 Å². The highest BCUT2D eigenvalue weighted by Gasteiger charge is 2.26. The predicted molar refractivity (Wildman–Crippen MR) is 118 cm³/mol. The first kappa shape index (κ1) is 23.4. The maximum atomic E-state index is 12.8. The Kier molecular flexibility index (Phi) is 8.20. The van der Waals surface area contributed by atoms with E-state index >= 15 is 0 Å². The maximum Gasteiger partial charge on any atom is 0.251 e. The van der Waals surface area contributed by atoms with Gasteiger partial charge in [0.25, 0.3) is 5.91 Å². The van der Waals surface area contributed by atoms with Crippen LogP contribution in [0.2, 0.25) is 0 Å². The summed E-state index contributed by atoms with van der Waals surface area (Å²) < 4.78 is 32.7. The Hall–Kier alpha value is -2.26. The van der Waals surface area contributed by atoms with Crippen LogP contribution in [0.1, 0.15) is 46.9 Å². The third-order valence-electron chi connectivity index (χ3n) is 5.38. The zero-order valence-electron chi connectivity index (χ0n) is 17.8. The smallest absolute Gasteiger partial charge is 0.251 e. The highest BCUT2D eigenvalue weighted by atomic mass is 32.2. The number of hydrogen-bond donors (Lipinski definition) is 2. The fourth-order valence-corrected chi connectivity index (χ4v) is 5.09. The van der Waals surface area contributed by atoms with E-state index in [1.54, 1.807) is 0 Å². The minimum Gasteiger partial charge on any atom is -0.394 e. The Bertz CT molecular complexity index is 952. The minimum atomic E-state index is -3.52. The number of ether oxygens (including phenoxy) is 1. The van der Waals surface area contributed by atoms with Crippen molar-refractivity contribution in [2.45, 2.75) is 37.2 Å². The molecule has 1 heterocycles. The highest BCUT2D eigenvalue weighted by Crippen LogP contribution is 2.21. The van der Waals surface area contributed by atoms with Crippen molar-refractivity contribution in [1.82, 2.24) is 9.62 Å². The molecule has 2 aromatic carbocycles. The zero-order chi connectivity index (χ0) is 22.3. The van der Waals surface area contributed by atoms with Gasteiger partial charge in [-0.1, -0.05) is 36.2 Å². The second-order valence-corrected chi connectivity index (χ2v) is 9.63. The van der Waals surface area contributed by atoms with Gasteiger partial charge in [0, 0.05) is 25.2 Å². The number of nitrogens with zero attached hydrogens (tertiary/aromatic N) is 1. The van der Waals surface area contributed by atoms with Crippen molar-refractivity contribution < 1.29 is 23.1 Å². The number of piperidine rings is 1. The number of carbonyl (C=O) groups is 1. The van der Waals surface area contributed by atoms with Gasteiger partial charge in [-0.3, -0.25) is 4.79 Å². The summed E-state index contributed by atoms with van der Waals surface area (Å²) in [5.74, 6) is -0.313. The van der Waals surface area contributed by atoms with Gasteiger partial charge < -0.3 is 15.2 Å². The van der Waals surface area contributed by atoms with Gasteiger partial charge >= 0.3 is 0 Å². The van der Waals surface area contributed by atoms with E-state index in [2.05, 4.69) is 5.32 Å². The van der Waals surface area contributed by atoms with Gasteiger partial charge in [-0.05, 0) is 49.6 Å². The molecular weight excluding hydrogens is 416 g/mol. The summed E-state index contributed by atoms with van der Waals surface area (Å²) >= 11 is 0. The van der Waals surface area contributed by atoms with Crippen LogP contribution >= 0.6 is 0 Å². The van der Waals surface area contributed by atoms with Crippen molar-refractivity contribution in [3.63, 3.8) is 0 Å². The van der Waals surface area contributed by atoms with E-state index in [1.165, 1.54) is 28.6 Å². The summed E-state index contributed by atoms with van der Waals surface area (Å²) in [6.07, 6.45) is 2.41. The molecule has 1 saturated heterocycles.